The van der Waals surface area contributed by atoms with Crippen LogP contribution in [0.2, 0.25) is 0 Å². The van der Waals surface area contributed by atoms with Crippen LogP contribution in [0.5, 0.6) is 0 Å². The molecule has 1 atom stereocenters. The number of aliphatic hydroxyl groups is 1. The highest BCUT2D eigenvalue weighted by Gasteiger charge is 2.24. The predicted octanol–water partition coefficient (Wildman–Crippen LogP) is 0.0244. The van der Waals surface area contributed by atoms with E-state index in [2.05, 4.69) is 10.2 Å². The summed E-state index contributed by atoms with van der Waals surface area (Å²) in [6.45, 7) is 2.78. The molecule has 66 valence electrons. The van der Waals surface area contributed by atoms with E-state index in [4.69, 9.17) is 0 Å². The van der Waals surface area contributed by atoms with Crippen molar-refractivity contribution < 1.29 is 5.11 Å². The van der Waals surface area contributed by atoms with Crippen LogP contribution >= 0.6 is 0 Å². The summed E-state index contributed by atoms with van der Waals surface area (Å²) in [4.78, 5) is 1.92. The number of fused-ring (bicyclic) bond motifs is 1. The second-order valence-corrected chi connectivity index (χ2v) is 3.37. The number of aryl methyl sites for hydroxylation is 1. The predicted molar refractivity (Wildman–Crippen MR) is 44.5 cm³/mol. The summed E-state index contributed by atoms with van der Waals surface area (Å²) in [7, 11) is 1.92. The lowest BCUT2D eigenvalue weighted by Gasteiger charge is -2.27. The number of aromatic amines is 1. The van der Waals surface area contributed by atoms with Crippen molar-refractivity contribution in [1.29, 1.82) is 0 Å². The Morgan fingerprint density at radius 3 is 3.17 bits per heavy atom. The fourth-order valence-electron chi connectivity index (χ4n) is 1.58. The van der Waals surface area contributed by atoms with Crippen LogP contribution in [0.15, 0.2) is 0 Å². The first kappa shape index (κ1) is 7.76. The molecule has 0 spiro atoms. The van der Waals surface area contributed by atoms with Crippen LogP contribution in [0.3, 0.4) is 0 Å². The molecule has 0 aliphatic carbocycles. The molecule has 2 N–H and O–H groups in total. The van der Waals surface area contributed by atoms with Crippen molar-refractivity contribution in [3.05, 3.63) is 17.0 Å². The van der Waals surface area contributed by atoms with Gasteiger partial charge in [-0.3, -0.25) is 10.00 Å². The first-order valence-corrected chi connectivity index (χ1v) is 4.09. The molecule has 4 heteroatoms. The Kier molecular flexibility index (Phi) is 1.66. The molecule has 1 aliphatic rings. The Bertz CT molecular complexity index is 294. The Hall–Kier alpha value is -0.870. The van der Waals surface area contributed by atoms with E-state index < -0.39 is 0 Å². The van der Waals surface area contributed by atoms with E-state index in [0.717, 1.165) is 17.9 Å². The van der Waals surface area contributed by atoms with Crippen molar-refractivity contribution in [3.8, 4) is 0 Å². The molecule has 2 rings (SSSR count). The zero-order valence-electron chi connectivity index (χ0n) is 7.33. The molecule has 0 aromatic carbocycles. The summed E-state index contributed by atoms with van der Waals surface area (Å²) in [6.07, 6.45) is 0.296. The molecule has 0 saturated heterocycles. The third kappa shape index (κ3) is 1.04. The highest BCUT2D eigenvalue weighted by Crippen LogP contribution is 2.20. The molecule has 0 fully saturated rings. The Labute approximate surface area is 71.2 Å². The highest BCUT2D eigenvalue weighted by molar-refractivity contribution is 5.26. The van der Waals surface area contributed by atoms with Gasteiger partial charge in [0.1, 0.15) is 6.23 Å². The summed E-state index contributed by atoms with van der Waals surface area (Å²) in [5.41, 5.74) is 3.37. The number of hydrogen-bond acceptors (Lipinski definition) is 3. The van der Waals surface area contributed by atoms with Crippen LogP contribution in [0.4, 0.5) is 0 Å². The fourth-order valence-corrected chi connectivity index (χ4v) is 1.58. The van der Waals surface area contributed by atoms with Crippen molar-refractivity contribution in [2.24, 2.45) is 0 Å². The highest BCUT2D eigenvalue weighted by atomic mass is 16.3. The maximum absolute atomic E-state index is 9.51. The molecule has 12 heavy (non-hydrogen) atoms. The average Bonchev–Trinajstić information content (AvgIpc) is 2.35. The molecular formula is C8H13N3O. The van der Waals surface area contributed by atoms with Gasteiger partial charge in [0.05, 0.1) is 5.69 Å². The summed E-state index contributed by atoms with van der Waals surface area (Å²) in [5.74, 6) is 0. The number of H-pyrrole nitrogens is 1. The second kappa shape index (κ2) is 2.57. The Balaban J connectivity index is 2.36. The van der Waals surface area contributed by atoms with Gasteiger partial charge in [0.25, 0.3) is 0 Å². The lowest BCUT2D eigenvalue weighted by Crippen LogP contribution is -2.37. The standard InChI is InChI=1S/C8H13N3O/c1-5-6-4-11(2)8(12)3-7(6)10-9-5/h8,12H,3-4H2,1-2H3,(H,9,10). The van der Waals surface area contributed by atoms with Gasteiger partial charge < -0.3 is 5.11 Å². The van der Waals surface area contributed by atoms with Crippen LogP contribution in [-0.2, 0) is 13.0 Å². The Morgan fingerprint density at radius 1 is 1.67 bits per heavy atom. The van der Waals surface area contributed by atoms with Crippen LogP contribution in [0.25, 0.3) is 0 Å². The molecule has 0 bridgehead atoms. The zero-order chi connectivity index (χ0) is 8.72. The first-order chi connectivity index (χ1) is 5.68. The van der Waals surface area contributed by atoms with Gasteiger partial charge >= 0.3 is 0 Å². The minimum atomic E-state index is -0.364. The third-order valence-corrected chi connectivity index (χ3v) is 2.46. The summed E-state index contributed by atoms with van der Waals surface area (Å²) < 4.78 is 0. The quantitative estimate of drug-likeness (QED) is 0.573. The van der Waals surface area contributed by atoms with Gasteiger partial charge in [-0.15, -0.1) is 0 Å². The number of rotatable bonds is 0. The van der Waals surface area contributed by atoms with Crippen molar-refractivity contribution in [2.45, 2.75) is 26.1 Å². The molecule has 1 aromatic heterocycles. The smallest absolute Gasteiger partial charge is 0.113 e. The molecule has 1 unspecified atom stereocenters. The van der Waals surface area contributed by atoms with Crippen LogP contribution in [-0.4, -0.2) is 33.5 Å². The van der Waals surface area contributed by atoms with Crippen molar-refractivity contribution in [3.63, 3.8) is 0 Å². The van der Waals surface area contributed by atoms with Gasteiger partial charge in [-0.1, -0.05) is 0 Å². The van der Waals surface area contributed by atoms with Crippen LogP contribution < -0.4 is 0 Å². The van der Waals surface area contributed by atoms with Gasteiger partial charge in [-0.25, -0.2) is 0 Å². The maximum Gasteiger partial charge on any atom is 0.113 e. The molecular weight excluding hydrogens is 154 g/mol. The number of nitrogens with one attached hydrogen (secondary N) is 1. The van der Waals surface area contributed by atoms with Gasteiger partial charge in [0.15, 0.2) is 0 Å². The molecule has 2 heterocycles. The first-order valence-electron chi connectivity index (χ1n) is 4.09. The minimum Gasteiger partial charge on any atom is -0.378 e. The molecule has 0 amide bonds. The normalized spacial score (nSPS) is 24.1. The molecule has 1 aromatic rings. The monoisotopic (exact) mass is 167 g/mol. The van der Waals surface area contributed by atoms with E-state index in [1.165, 1.54) is 5.56 Å². The fraction of sp³-hybridized carbons (Fsp3) is 0.625. The SMILES string of the molecule is Cc1n[nH]c2c1CN(C)C(O)C2. The lowest BCUT2D eigenvalue weighted by atomic mass is 10.1. The average molecular weight is 167 g/mol. The van der Waals surface area contributed by atoms with Crippen molar-refractivity contribution >= 4 is 0 Å². The van der Waals surface area contributed by atoms with E-state index >= 15 is 0 Å². The van der Waals surface area contributed by atoms with Crippen molar-refractivity contribution in [1.82, 2.24) is 15.1 Å². The number of aromatic nitrogens is 2. The molecule has 0 radical (unpaired) electrons. The van der Waals surface area contributed by atoms with E-state index in [0.29, 0.717) is 6.42 Å². The number of nitrogens with zero attached hydrogens (tertiary/aromatic N) is 2. The topological polar surface area (TPSA) is 52.2 Å². The zero-order valence-corrected chi connectivity index (χ0v) is 7.33. The maximum atomic E-state index is 9.51. The van der Waals surface area contributed by atoms with Crippen LogP contribution in [0, 0.1) is 6.92 Å². The number of hydrogen-bond donors (Lipinski definition) is 2. The van der Waals surface area contributed by atoms with Gasteiger partial charge in [-0.05, 0) is 14.0 Å². The summed E-state index contributed by atoms with van der Waals surface area (Å²) in [5, 5.41) is 16.6. The second-order valence-electron chi connectivity index (χ2n) is 3.37. The van der Waals surface area contributed by atoms with Crippen LogP contribution in [0.1, 0.15) is 17.0 Å². The summed E-state index contributed by atoms with van der Waals surface area (Å²) >= 11 is 0. The molecule has 1 aliphatic heterocycles. The number of aliphatic hydroxyl groups excluding tert-OH is 1. The third-order valence-electron chi connectivity index (χ3n) is 2.46. The Morgan fingerprint density at radius 2 is 2.42 bits per heavy atom. The van der Waals surface area contributed by atoms with Gasteiger partial charge in [0, 0.05) is 24.2 Å². The van der Waals surface area contributed by atoms with E-state index in [1.54, 1.807) is 0 Å². The lowest BCUT2D eigenvalue weighted by molar-refractivity contribution is 0.00809. The van der Waals surface area contributed by atoms with Crippen molar-refractivity contribution in [2.75, 3.05) is 7.05 Å². The number of likely N-dealkylation sites (N-methyl/N-ethyl adjacent to an activating group) is 1. The largest absolute Gasteiger partial charge is 0.378 e. The minimum absolute atomic E-state index is 0.364. The van der Waals surface area contributed by atoms with Gasteiger partial charge in [0.2, 0.25) is 0 Å². The van der Waals surface area contributed by atoms with E-state index in [-0.39, 0.29) is 6.23 Å². The van der Waals surface area contributed by atoms with E-state index in [1.807, 2.05) is 18.9 Å². The molecule has 4 nitrogen and oxygen atoms in total. The molecule has 0 saturated carbocycles. The van der Waals surface area contributed by atoms with E-state index in [9.17, 15) is 5.11 Å². The van der Waals surface area contributed by atoms with Gasteiger partial charge in [-0.2, -0.15) is 5.10 Å². The summed E-state index contributed by atoms with van der Waals surface area (Å²) in [6, 6.07) is 0.